The first-order chi connectivity index (χ1) is 11.0. The highest BCUT2D eigenvalue weighted by molar-refractivity contribution is 5.98. The third kappa shape index (κ3) is 3.07. The van der Waals surface area contributed by atoms with E-state index in [1.54, 1.807) is 0 Å². The van der Waals surface area contributed by atoms with Gasteiger partial charge in [-0.25, -0.2) is 4.39 Å². The summed E-state index contributed by atoms with van der Waals surface area (Å²) in [6.07, 6.45) is 1.86. The first-order valence-corrected chi connectivity index (χ1v) is 7.76. The van der Waals surface area contributed by atoms with E-state index in [9.17, 15) is 14.0 Å². The van der Waals surface area contributed by atoms with Crippen LogP contribution in [-0.2, 0) is 20.7 Å². The van der Waals surface area contributed by atoms with Crippen molar-refractivity contribution in [1.29, 1.82) is 0 Å². The van der Waals surface area contributed by atoms with Crippen molar-refractivity contribution in [3.8, 4) is 0 Å². The minimum Gasteiger partial charge on any atom is -0.381 e. The van der Waals surface area contributed by atoms with Crippen LogP contribution in [0.4, 0.5) is 15.8 Å². The Hall–Kier alpha value is -1.99. The van der Waals surface area contributed by atoms with Crippen LogP contribution in [0.3, 0.4) is 0 Å². The molecule has 6 nitrogen and oxygen atoms in total. The van der Waals surface area contributed by atoms with Gasteiger partial charge in [-0.05, 0) is 37.0 Å². The Bertz CT molecular complexity index is 642. The maximum atomic E-state index is 14.2. The normalized spacial score (nSPS) is 19.7. The van der Waals surface area contributed by atoms with Crippen molar-refractivity contribution in [3.05, 3.63) is 23.5 Å². The smallest absolute Gasteiger partial charge is 0.232 e. The van der Waals surface area contributed by atoms with Gasteiger partial charge in [0.2, 0.25) is 11.8 Å². The molecule has 0 unspecified atom stereocenters. The van der Waals surface area contributed by atoms with E-state index in [2.05, 4.69) is 10.6 Å². The Morgan fingerprint density at radius 3 is 2.78 bits per heavy atom. The monoisotopic (exact) mass is 321 g/mol. The van der Waals surface area contributed by atoms with E-state index in [1.165, 1.54) is 12.1 Å². The van der Waals surface area contributed by atoms with Crippen LogP contribution >= 0.6 is 0 Å². The van der Waals surface area contributed by atoms with Crippen molar-refractivity contribution in [3.63, 3.8) is 0 Å². The van der Waals surface area contributed by atoms with Crippen molar-refractivity contribution >= 4 is 23.2 Å². The number of benzene rings is 1. The fourth-order valence-corrected chi connectivity index (χ4v) is 3.04. The molecule has 0 bridgehead atoms. The van der Waals surface area contributed by atoms with Gasteiger partial charge in [-0.3, -0.25) is 9.59 Å². The van der Waals surface area contributed by atoms with E-state index in [1.807, 2.05) is 0 Å². The molecular weight excluding hydrogens is 301 g/mol. The van der Waals surface area contributed by atoms with Gasteiger partial charge in [0.1, 0.15) is 5.82 Å². The molecule has 2 heterocycles. The van der Waals surface area contributed by atoms with Gasteiger partial charge in [-0.1, -0.05) is 0 Å². The number of halogens is 1. The van der Waals surface area contributed by atoms with Crippen LogP contribution in [-0.4, -0.2) is 31.6 Å². The molecule has 0 saturated carbocycles. The molecule has 0 radical (unpaired) electrons. The first-order valence-electron chi connectivity index (χ1n) is 7.76. The first kappa shape index (κ1) is 15.9. The number of aryl methyl sites for hydroxylation is 1. The van der Waals surface area contributed by atoms with Crippen molar-refractivity contribution in [2.45, 2.75) is 25.7 Å². The molecule has 2 amide bonds. The number of carbonyl (C=O) groups is 2. The molecule has 23 heavy (non-hydrogen) atoms. The lowest BCUT2D eigenvalue weighted by molar-refractivity contribution is -0.130. The Morgan fingerprint density at radius 2 is 2.09 bits per heavy atom. The van der Waals surface area contributed by atoms with Crippen LogP contribution in [0.1, 0.15) is 24.8 Å². The number of nitrogens with two attached hydrogens (primary N) is 1. The Labute approximate surface area is 133 Å². The van der Waals surface area contributed by atoms with Gasteiger partial charge in [0.05, 0.1) is 11.1 Å². The number of rotatable bonds is 3. The fraction of sp³-hybridized carbons (Fsp3) is 0.500. The zero-order chi connectivity index (χ0) is 16.4. The van der Waals surface area contributed by atoms with Crippen molar-refractivity contribution in [1.82, 2.24) is 0 Å². The third-order valence-electron chi connectivity index (χ3n) is 4.66. The topological polar surface area (TPSA) is 93.5 Å². The van der Waals surface area contributed by atoms with Gasteiger partial charge < -0.3 is 21.1 Å². The summed E-state index contributed by atoms with van der Waals surface area (Å²) in [5.74, 6) is -0.916. The predicted octanol–water partition coefficient (Wildman–Crippen LogP) is 1.40. The van der Waals surface area contributed by atoms with E-state index in [0.29, 0.717) is 44.6 Å². The zero-order valence-corrected chi connectivity index (χ0v) is 12.8. The maximum absolute atomic E-state index is 14.2. The van der Waals surface area contributed by atoms with E-state index in [4.69, 9.17) is 10.5 Å². The van der Waals surface area contributed by atoms with Crippen molar-refractivity contribution in [2.24, 2.45) is 11.1 Å². The van der Waals surface area contributed by atoms with E-state index in [-0.39, 0.29) is 24.0 Å². The van der Waals surface area contributed by atoms with Gasteiger partial charge in [0.15, 0.2) is 0 Å². The van der Waals surface area contributed by atoms with Crippen LogP contribution in [0.15, 0.2) is 12.1 Å². The molecule has 4 N–H and O–H groups in total. The highest BCUT2D eigenvalue weighted by atomic mass is 19.1. The molecular formula is C16H20FN3O3. The molecule has 7 heteroatoms. The minimum atomic E-state index is -0.732. The van der Waals surface area contributed by atoms with Crippen molar-refractivity contribution < 1.29 is 18.7 Å². The summed E-state index contributed by atoms with van der Waals surface area (Å²) in [5, 5.41) is 5.34. The van der Waals surface area contributed by atoms with Crippen molar-refractivity contribution in [2.75, 3.05) is 30.4 Å². The Morgan fingerprint density at radius 1 is 1.35 bits per heavy atom. The molecule has 2 aliphatic rings. The Kier molecular flexibility index (Phi) is 4.32. The molecule has 0 spiro atoms. The fourth-order valence-electron chi connectivity index (χ4n) is 3.04. The van der Waals surface area contributed by atoms with Crippen LogP contribution < -0.4 is 16.4 Å². The van der Waals surface area contributed by atoms with Crippen LogP contribution in [0.25, 0.3) is 0 Å². The highest BCUT2D eigenvalue weighted by Gasteiger charge is 2.39. The maximum Gasteiger partial charge on any atom is 0.232 e. The second-order valence-electron chi connectivity index (χ2n) is 6.09. The second-order valence-corrected chi connectivity index (χ2v) is 6.09. The van der Waals surface area contributed by atoms with Gasteiger partial charge in [0.25, 0.3) is 0 Å². The summed E-state index contributed by atoms with van der Waals surface area (Å²) in [5.41, 5.74) is 6.41. The average molecular weight is 321 g/mol. The largest absolute Gasteiger partial charge is 0.381 e. The molecule has 0 atom stereocenters. The summed E-state index contributed by atoms with van der Waals surface area (Å²) in [6.45, 7) is 1.12. The van der Waals surface area contributed by atoms with Gasteiger partial charge in [0, 0.05) is 31.9 Å². The SMILES string of the molecule is NCC1(C(=O)Nc2cc3c(cc2F)CCC(=O)N3)CCOCC1. The van der Waals surface area contributed by atoms with Crippen LogP contribution in [0.5, 0.6) is 0 Å². The quantitative estimate of drug-likeness (QED) is 0.784. The van der Waals surface area contributed by atoms with Crippen LogP contribution in [0.2, 0.25) is 0 Å². The van der Waals surface area contributed by atoms with Crippen LogP contribution in [0, 0.1) is 11.2 Å². The Balaban J connectivity index is 1.83. The third-order valence-corrected chi connectivity index (χ3v) is 4.66. The van der Waals surface area contributed by atoms with Gasteiger partial charge in [-0.2, -0.15) is 0 Å². The standard InChI is InChI=1S/C16H20FN3O3/c17-11-7-10-1-2-14(21)19-12(10)8-13(11)20-15(22)16(9-18)3-5-23-6-4-16/h7-8H,1-6,9,18H2,(H,19,21)(H,20,22). The molecule has 1 aromatic rings. The second kappa shape index (κ2) is 6.25. The molecule has 1 saturated heterocycles. The molecule has 124 valence electrons. The number of anilines is 2. The number of amides is 2. The summed E-state index contributed by atoms with van der Waals surface area (Å²) in [4.78, 5) is 24.1. The molecule has 1 aromatic carbocycles. The number of nitrogens with one attached hydrogen (secondary N) is 2. The highest BCUT2D eigenvalue weighted by Crippen LogP contribution is 2.33. The van der Waals surface area contributed by atoms with Gasteiger partial charge >= 0.3 is 0 Å². The zero-order valence-electron chi connectivity index (χ0n) is 12.8. The molecule has 0 aliphatic carbocycles. The lowest BCUT2D eigenvalue weighted by Gasteiger charge is -2.34. The average Bonchev–Trinajstić information content (AvgIpc) is 2.56. The minimum absolute atomic E-state index is 0.0651. The van der Waals surface area contributed by atoms with E-state index in [0.717, 1.165) is 5.56 Å². The molecule has 0 aromatic heterocycles. The van der Waals surface area contributed by atoms with E-state index < -0.39 is 11.2 Å². The lowest BCUT2D eigenvalue weighted by Crippen LogP contribution is -2.46. The van der Waals surface area contributed by atoms with Gasteiger partial charge in [-0.15, -0.1) is 0 Å². The summed E-state index contributed by atoms with van der Waals surface area (Å²) < 4.78 is 19.5. The number of carbonyl (C=O) groups excluding carboxylic acids is 2. The summed E-state index contributed by atoms with van der Waals surface area (Å²) >= 11 is 0. The number of ether oxygens (including phenoxy) is 1. The summed E-state index contributed by atoms with van der Waals surface area (Å²) in [7, 11) is 0. The number of hydrogen-bond acceptors (Lipinski definition) is 4. The predicted molar refractivity (Wildman–Crippen MR) is 83.5 cm³/mol. The lowest BCUT2D eigenvalue weighted by atomic mass is 9.79. The summed E-state index contributed by atoms with van der Waals surface area (Å²) in [6, 6.07) is 2.84. The van der Waals surface area contributed by atoms with E-state index >= 15 is 0 Å². The molecule has 2 aliphatic heterocycles. The number of fused-ring (bicyclic) bond motifs is 1. The molecule has 3 rings (SSSR count). The molecule has 1 fully saturated rings. The number of hydrogen-bond donors (Lipinski definition) is 3.